The van der Waals surface area contributed by atoms with Gasteiger partial charge in [-0.2, -0.15) is 15.0 Å². The lowest BCUT2D eigenvalue weighted by Crippen LogP contribution is -3.00. The Hall–Kier alpha value is 0.280. The number of hydrogen-bond acceptors (Lipinski definition) is 5. The van der Waals surface area contributed by atoms with Crippen molar-refractivity contribution in [2.75, 3.05) is 76.1 Å². The molecule has 1 heterocycles. The van der Waals surface area contributed by atoms with Gasteiger partial charge in [-0.25, -0.2) is 0 Å². The lowest BCUT2D eigenvalue weighted by atomic mass is 10.3. The van der Waals surface area contributed by atoms with Gasteiger partial charge in [0.1, 0.15) is 0 Å². The number of anilines is 2. The van der Waals surface area contributed by atoms with Crippen LogP contribution >= 0.6 is 11.6 Å². The van der Waals surface area contributed by atoms with E-state index in [4.69, 9.17) is 11.6 Å². The molecule has 0 unspecified atom stereocenters. The van der Waals surface area contributed by atoms with Gasteiger partial charge >= 0.3 is 0 Å². The number of rotatable bonds is 16. The standard InChI is InChI=1S/C21H44ClN7.2HI/c1-7-28(8-2,9-3)17-13-15-23-20-25-19(22)26-21(27-20)24-16-14-18-29(10-4,11-5)12-6;;/h7-18H2,1-6H3,(H2,23,24,25,26,27);2*1H/q+2;;/p-2. The Labute approximate surface area is 229 Å². The number of quaternary nitrogens is 2. The first-order chi connectivity index (χ1) is 13.9. The van der Waals surface area contributed by atoms with Crippen LogP contribution in [0.5, 0.6) is 0 Å². The molecule has 0 aliphatic rings. The van der Waals surface area contributed by atoms with Crippen molar-refractivity contribution < 1.29 is 56.9 Å². The smallest absolute Gasteiger partial charge is 0.228 e. The molecule has 0 amide bonds. The summed E-state index contributed by atoms with van der Waals surface area (Å²) in [4.78, 5) is 12.9. The van der Waals surface area contributed by atoms with Crippen molar-refractivity contribution in [2.45, 2.75) is 54.4 Å². The van der Waals surface area contributed by atoms with Crippen LogP contribution in [0.4, 0.5) is 11.9 Å². The van der Waals surface area contributed by atoms with Gasteiger partial charge in [0.2, 0.25) is 17.2 Å². The third-order valence-corrected chi connectivity index (χ3v) is 6.99. The lowest BCUT2D eigenvalue weighted by Gasteiger charge is -2.35. The number of aromatic nitrogens is 3. The molecule has 0 spiro atoms. The van der Waals surface area contributed by atoms with Crippen molar-refractivity contribution >= 4 is 23.5 Å². The Morgan fingerprint density at radius 1 is 0.613 bits per heavy atom. The molecule has 0 aromatic carbocycles. The van der Waals surface area contributed by atoms with Crippen LogP contribution in [0.2, 0.25) is 5.28 Å². The van der Waals surface area contributed by atoms with Crippen molar-refractivity contribution in [2.24, 2.45) is 0 Å². The molecule has 0 aliphatic heterocycles. The molecule has 1 aromatic rings. The molecule has 0 fully saturated rings. The first-order valence-electron chi connectivity index (χ1n) is 11.5. The predicted molar refractivity (Wildman–Crippen MR) is 125 cm³/mol. The van der Waals surface area contributed by atoms with E-state index in [1.165, 1.54) is 39.3 Å². The second-order valence-corrected chi connectivity index (χ2v) is 8.18. The molecule has 184 valence electrons. The largest absolute Gasteiger partial charge is 1.00 e. The molecule has 31 heavy (non-hydrogen) atoms. The summed E-state index contributed by atoms with van der Waals surface area (Å²) in [6, 6.07) is 0. The van der Waals surface area contributed by atoms with Crippen molar-refractivity contribution in [3.05, 3.63) is 5.28 Å². The molecular formula is C21H44ClI2N7. The van der Waals surface area contributed by atoms with E-state index in [2.05, 4.69) is 67.1 Å². The highest BCUT2D eigenvalue weighted by atomic mass is 127. The van der Waals surface area contributed by atoms with Crippen LogP contribution in [0.15, 0.2) is 0 Å². The minimum Gasteiger partial charge on any atom is -1.00 e. The number of nitrogens with one attached hydrogen (secondary N) is 2. The third kappa shape index (κ3) is 11.3. The molecule has 0 atom stereocenters. The summed E-state index contributed by atoms with van der Waals surface area (Å²) in [6.07, 6.45) is 2.15. The Kier molecular flexibility index (Phi) is 19.1. The molecule has 1 aromatic heterocycles. The Morgan fingerprint density at radius 3 is 1.23 bits per heavy atom. The van der Waals surface area contributed by atoms with E-state index in [0.29, 0.717) is 11.9 Å². The molecule has 2 N–H and O–H groups in total. The summed E-state index contributed by atoms with van der Waals surface area (Å²) in [5, 5.41) is 6.85. The highest BCUT2D eigenvalue weighted by molar-refractivity contribution is 6.28. The molecular weight excluding hydrogens is 640 g/mol. The van der Waals surface area contributed by atoms with Crippen LogP contribution in [0.25, 0.3) is 0 Å². The van der Waals surface area contributed by atoms with Crippen molar-refractivity contribution in [1.82, 2.24) is 15.0 Å². The molecule has 0 saturated heterocycles. The van der Waals surface area contributed by atoms with Gasteiger partial charge in [-0.1, -0.05) is 0 Å². The summed E-state index contributed by atoms with van der Waals surface area (Å²) < 4.78 is 2.31. The molecule has 10 heteroatoms. The first kappa shape index (κ1) is 33.5. The maximum atomic E-state index is 6.11. The van der Waals surface area contributed by atoms with Gasteiger partial charge < -0.3 is 67.6 Å². The zero-order chi connectivity index (χ0) is 21.8. The Bertz CT molecular complexity index is 522. The normalized spacial score (nSPS) is 11.5. The van der Waals surface area contributed by atoms with Crippen molar-refractivity contribution in [3.8, 4) is 0 Å². The predicted octanol–water partition coefficient (Wildman–Crippen LogP) is -2.11. The fraction of sp³-hybridized carbons (Fsp3) is 0.857. The van der Waals surface area contributed by atoms with Gasteiger partial charge in [0.15, 0.2) is 0 Å². The fourth-order valence-corrected chi connectivity index (χ4v) is 4.19. The number of hydrogen-bond donors (Lipinski definition) is 2. The van der Waals surface area contributed by atoms with E-state index in [0.717, 1.165) is 48.0 Å². The minimum absolute atomic E-state index is 0. The summed E-state index contributed by atoms with van der Waals surface area (Å²) in [7, 11) is 0. The maximum Gasteiger partial charge on any atom is 0.228 e. The van der Waals surface area contributed by atoms with E-state index in [-0.39, 0.29) is 53.2 Å². The zero-order valence-corrected chi connectivity index (χ0v) is 25.4. The SMILES string of the molecule is CC[N+](CC)(CC)CCCNc1nc(Cl)nc(NCCC[N+](CC)(CC)CC)n1.[I-].[I-]. The Balaban J connectivity index is 0. The molecule has 1 rings (SSSR count). The van der Waals surface area contributed by atoms with Gasteiger partial charge in [-0.15, -0.1) is 0 Å². The zero-order valence-electron chi connectivity index (χ0n) is 20.4. The average Bonchev–Trinajstić information content (AvgIpc) is 2.75. The third-order valence-electron chi connectivity index (χ3n) is 6.82. The van der Waals surface area contributed by atoms with Crippen LogP contribution in [0.1, 0.15) is 54.4 Å². The van der Waals surface area contributed by atoms with Gasteiger partial charge in [0, 0.05) is 25.9 Å². The Morgan fingerprint density at radius 2 is 0.935 bits per heavy atom. The van der Waals surface area contributed by atoms with Crippen LogP contribution in [-0.4, -0.2) is 89.4 Å². The second kappa shape index (κ2) is 17.7. The van der Waals surface area contributed by atoms with Gasteiger partial charge in [-0.3, -0.25) is 0 Å². The maximum absolute atomic E-state index is 6.11. The van der Waals surface area contributed by atoms with Crippen molar-refractivity contribution in [1.29, 1.82) is 0 Å². The monoisotopic (exact) mass is 683 g/mol. The quantitative estimate of drug-likeness (QED) is 0.119. The first-order valence-corrected chi connectivity index (χ1v) is 11.9. The van der Waals surface area contributed by atoms with Crippen LogP contribution in [-0.2, 0) is 0 Å². The minimum atomic E-state index is 0. The number of nitrogens with zero attached hydrogens (tertiary/aromatic N) is 5. The molecule has 0 bridgehead atoms. The van der Waals surface area contributed by atoms with E-state index in [1.54, 1.807) is 0 Å². The highest BCUT2D eigenvalue weighted by Crippen LogP contribution is 2.12. The number of halogens is 3. The van der Waals surface area contributed by atoms with Gasteiger partial charge in [0.25, 0.3) is 0 Å². The molecule has 7 nitrogen and oxygen atoms in total. The average molecular weight is 684 g/mol. The summed E-state index contributed by atoms with van der Waals surface area (Å²) in [6.45, 7) is 24.7. The highest BCUT2D eigenvalue weighted by Gasteiger charge is 2.20. The van der Waals surface area contributed by atoms with E-state index >= 15 is 0 Å². The van der Waals surface area contributed by atoms with Crippen LogP contribution < -0.4 is 58.6 Å². The van der Waals surface area contributed by atoms with Gasteiger partial charge in [-0.05, 0) is 53.1 Å². The molecule has 0 radical (unpaired) electrons. The molecule has 0 saturated carbocycles. The summed E-state index contributed by atoms with van der Waals surface area (Å²) >= 11 is 6.11. The van der Waals surface area contributed by atoms with Gasteiger partial charge in [0.05, 0.1) is 52.4 Å². The van der Waals surface area contributed by atoms with Crippen molar-refractivity contribution in [3.63, 3.8) is 0 Å². The van der Waals surface area contributed by atoms with E-state index in [9.17, 15) is 0 Å². The molecule has 0 aliphatic carbocycles. The van der Waals surface area contributed by atoms with E-state index in [1.807, 2.05) is 0 Å². The fourth-order valence-electron chi connectivity index (χ4n) is 4.03. The van der Waals surface area contributed by atoms with Crippen LogP contribution in [0.3, 0.4) is 0 Å². The summed E-state index contributed by atoms with van der Waals surface area (Å²) in [5.74, 6) is 1.10. The second-order valence-electron chi connectivity index (χ2n) is 7.84. The summed E-state index contributed by atoms with van der Waals surface area (Å²) in [5.41, 5.74) is 0. The van der Waals surface area contributed by atoms with E-state index < -0.39 is 0 Å². The lowest BCUT2D eigenvalue weighted by molar-refractivity contribution is -0.923. The topological polar surface area (TPSA) is 62.7 Å². The van der Waals surface area contributed by atoms with Crippen LogP contribution in [0, 0.1) is 0 Å².